The van der Waals surface area contributed by atoms with E-state index in [0.717, 1.165) is 19.4 Å². The van der Waals surface area contributed by atoms with Gasteiger partial charge in [-0.3, -0.25) is 4.79 Å². The minimum absolute atomic E-state index is 0.00637. The summed E-state index contributed by atoms with van der Waals surface area (Å²) >= 11 is 0. The summed E-state index contributed by atoms with van der Waals surface area (Å²) in [7, 11) is 0. The minimum Gasteiger partial charge on any atom is -0.370 e. The summed E-state index contributed by atoms with van der Waals surface area (Å²) in [6, 6.07) is 0. The molecule has 3 N–H and O–H groups in total. The molecule has 2 atom stereocenters. The second-order valence-corrected chi connectivity index (χ2v) is 4.68. The number of carbonyl (C=O) groups excluding carboxylic acids is 1. The Labute approximate surface area is 92.8 Å². The Morgan fingerprint density at radius 1 is 1.47 bits per heavy atom. The lowest BCUT2D eigenvalue weighted by Crippen LogP contribution is -2.54. The highest BCUT2D eigenvalue weighted by Crippen LogP contribution is 2.38. The predicted octanol–water partition coefficient (Wildman–Crippen LogP) is 1.81. The van der Waals surface area contributed by atoms with Gasteiger partial charge in [0, 0.05) is 12.0 Å². The number of rotatable bonds is 5. The van der Waals surface area contributed by atoms with Crippen LogP contribution < -0.4 is 11.1 Å². The molecule has 0 aromatic carbocycles. The summed E-state index contributed by atoms with van der Waals surface area (Å²) < 4.78 is 0. The van der Waals surface area contributed by atoms with Gasteiger partial charge < -0.3 is 11.1 Å². The van der Waals surface area contributed by atoms with Crippen LogP contribution in [0.5, 0.6) is 0 Å². The lowest BCUT2D eigenvalue weighted by Gasteiger charge is -2.44. The molecule has 0 radical (unpaired) electrons. The molecule has 3 heteroatoms. The van der Waals surface area contributed by atoms with Crippen LogP contribution >= 0.6 is 0 Å². The fraction of sp³-hybridized carbons (Fsp3) is 0.917. The van der Waals surface area contributed by atoms with Crippen molar-refractivity contribution >= 4 is 5.91 Å². The molecule has 0 aliphatic heterocycles. The van der Waals surface area contributed by atoms with E-state index in [9.17, 15) is 4.79 Å². The Morgan fingerprint density at radius 3 is 2.73 bits per heavy atom. The quantitative estimate of drug-likeness (QED) is 0.730. The lowest BCUT2D eigenvalue weighted by atomic mass is 9.69. The van der Waals surface area contributed by atoms with E-state index in [1.165, 1.54) is 19.3 Å². The van der Waals surface area contributed by atoms with Crippen molar-refractivity contribution in [1.82, 2.24) is 5.32 Å². The largest absolute Gasteiger partial charge is 0.370 e. The van der Waals surface area contributed by atoms with E-state index in [1.54, 1.807) is 0 Å². The molecule has 1 fully saturated rings. The maximum atomic E-state index is 11.2. The van der Waals surface area contributed by atoms with Crippen LogP contribution in [-0.4, -0.2) is 18.0 Å². The van der Waals surface area contributed by atoms with Crippen molar-refractivity contribution < 1.29 is 4.79 Å². The van der Waals surface area contributed by atoms with Crippen LogP contribution in [0, 0.1) is 5.92 Å². The number of nitrogens with one attached hydrogen (secondary N) is 1. The molecule has 0 aromatic heterocycles. The van der Waals surface area contributed by atoms with Crippen molar-refractivity contribution in [3.8, 4) is 0 Å². The molecule has 88 valence electrons. The minimum atomic E-state index is -0.170. The van der Waals surface area contributed by atoms with E-state index >= 15 is 0 Å². The number of hydrogen-bond donors (Lipinski definition) is 2. The van der Waals surface area contributed by atoms with Gasteiger partial charge in [-0.2, -0.15) is 0 Å². The highest BCUT2D eigenvalue weighted by Gasteiger charge is 2.39. The Morgan fingerprint density at radius 2 is 2.20 bits per heavy atom. The van der Waals surface area contributed by atoms with Crippen LogP contribution in [0.2, 0.25) is 0 Å². The van der Waals surface area contributed by atoms with Crippen molar-refractivity contribution in [1.29, 1.82) is 0 Å². The predicted molar refractivity (Wildman–Crippen MR) is 62.5 cm³/mol. The average Bonchev–Trinajstić information content (AvgIpc) is 2.17. The number of amides is 1. The topological polar surface area (TPSA) is 55.1 Å². The van der Waals surface area contributed by atoms with Gasteiger partial charge in [0.1, 0.15) is 0 Å². The highest BCUT2D eigenvalue weighted by atomic mass is 16.1. The number of nitrogens with two attached hydrogens (primary N) is 1. The Balaban J connectivity index is 2.78. The first kappa shape index (κ1) is 12.5. The first-order valence-corrected chi connectivity index (χ1v) is 6.18. The van der Waals surface area contributed by atoms with E-state index in [-0.39, 0.29) is 11.4 Å². The zero-order valence-corrected chi connectivity index (χ0v) is 10.0. The van der Waals surface area contributed by atoms with Crippen LogP contribution in [0.1, 0.15) is 52.4 Å². The standard InChI is InChI=1S/C12H24N2O/c1-3-10-7-5-6-8-12(10,14-4-2)9-11(13)15/h10,14H,3-9H2,1-2H3,(H2,13,15). The SMILES string of the molecule is CCNC1(CC(N)=O)CCCCC1CC. The van der Waals surface area contributed by atoms with E-state index in [1.807, 2.05) is 0 Å². The second-order valence-electron chi connectivity index (χ2n) is 4.68. The monoisotopic (exact) mass is 212 g/mol. The van der Waals surface area contributed by atoms with Gasteiger partial charge in [-0.1, -0.05) is 33.1 Å². The lowest BCUT2D eigenvalue weighted by molar-refractivity contribution is -0.120. The Bertz CT molecular complexity index is 214. The molecule has 2 unspecified atom stereocenters. The van der Waals surface area contributed by atoms with Crippen molar-refractivity contribution in [2.24, 2.45) is 11.7 Å². The molecular formula is C12H24N2O. The zero-order chi connectivity index (χ0) is 11.3. The van der Waals surface area contributed by atoms with E-state index in [2.05, 4.69) is 19.2 Å². The van der Waals surface area contributed by atoms with E-state index in [0.29, 0.717) is 12.3 Å². The van der Waals surface area contributed by atoms with Crippen LogP contribution in [0.3, 0.4) is 0 Å². The third kappa shape index (κ3) is 2.94. The highest BCUT2D eigenvalue weighted by molar-refractivity contribution is 5.75. The molecule has 15 heavy (non-hydrogen) atoms. The maximum Gasteiger partial charge on any atom is 0.219 e. The summed E-state index contributed by atoms with van der Waals surface area (Å²) in [5.41, 5.74) is 5.37. The summed E-state index contributed by atoms with van der Waals surface area (Å²) in [6.07, 6.45) is 6.49. The van der Waals surface area contributed by atoms with Gasteiger partial charge in [-0.05, 0) is 25.3 Å². The molecule has 1 aliphatic rings. The van der Waals surface area contributed by atoms with Crippen molar-refractivity contribution in [3.63, 3.8) is 0 Å². The third-order valence-electron chi connectivity index (χ3n) is 3.72. The van der Waals surface area contributed by atoms with Gasteiger partial charge in [0.2, 0.25) is 5.91 Å². The first-order chi connectivity index (χ1) is 7.14. The summed E-state index contributed by atoms with van der Waals surface area (Å²) in [4.78, 5) is 11.2. The van der Waals surface area contributed by atoms with Crippen molar-refractivity contribution in [3.05, 3.63) is 0 Å². The molecule has 1 amide bonds. The van der Waals surface area contributed by atoms with Crippen LogP contribution in [0.15, 0.2) is 0 Å². The van der Waals surface area contributed by atoms with Gasteiger partial charge in [0.25, 0.3) is 0 Å². The fourth-order valence-corrected chi connectivity index (χ4v) is 3.10. The van der Waals surface area contributed by atoms with Crippen LogP contribution in [0.25, 0.3) is 0 Å². The Hall–Kier alpha value is -0.570. The summed E-state index contributed by atoms with van der Waals surface area (Å²) in [6.45, 7) is 5.23. The molecule has 0 saturated heterocycles. The van der Waals surface area contributed by atoms with Crippen molar-refractivity contribution in [2.75, 3.05) is 6.54 Å². The molecule has 0 aromatic rings. The van der Waals surface area contributed by atoms with E-state index < -0.39 is 0 Å². The first-order valence-electron chi connectivity index (χ1n) is 6.18. The van der Waals surface area contributed by atoms with Crippen LogP contribution in [-0.2, 0) is 4.79 Å². The maximum absolute atomic E-state index is 11.2. The molecule has 1 saturated carbocycles. The molecule has 0 bridgehead atoms. The van der Waals surface area contributed by atoms with Gasteiger partial charge >= 0.3 is 0 Å². The molecular weight excluding hydrogens is 188 g/mol. The fourth-order valence-electron chi connectivity index (χ4n) is 3.10. The van der Waals surface area contributed by atoms with Gasteiger partial charge in [0.05, 0.1) is 0 Å². The van der Waals surface area contributed by atoms with Crippen molar-refractivity contribution in [2.45, 2.75) is 57.9 Å². The summed E-state index contributed by atoms with van der Waals surface area (Å²) in [5, 5.41) is 3.53. The van der Waals surface area contributed by atoms with Gasteiger partial charge in [-0.25, -0.2) is 0 Å². The molecule has 1 rings (SSSR count). The third-order valence-corrected chi connectivity index (χ3v) is 3.72. The molecule has 3 nitrogen and oxygen atoms in total. The van der Waals surface area contributed by atoms with Gasteiger partial charge in [-0.15, -0.1) is 0 Å². The zero-order valence-electron chi connectivity index (χ0n) is 10.0. The summed E-state index contributed by atoms with van der Waals surface area (Å²) in [5.74, 6) is 0.440. The molecule has 0 spiro atoms. The smallest absolute Gasteiger partial charge is 0.219 e. The van der Waals surface area contributed by atoms with Gasteiger partial charge in [0.15, 0.2) is 0 Å². The molecule has 0 heterocycles. The number of hydrogen-bond acceptors (Lipinski definition) is 2. The average molecular weight is 212 g/mol. The second kappa shape index (κ2) is 5.50. The number of carbonyl (C=O) groups is 1. The normalized spacial score (nSPS) is 31.5. The molecule has 1 aliphatic carbocycles. The number of primary amides is 1. The van der Waals surface area contributed by atoms with E-state index in [4.69, 9.17) is 5.73 Å². The van der Waals surface area contributed by atoms with Crippen LogP contribution in [0.4, 0.5) is 0 Å². The Kier molecular flexibility index (Phi) is 4.58.